The van der Waals surface area contributed by atoms with E-state index in [4.69, 9.17) is 0 Å². The molecule has 0 saturated heterocycles. The van der Waals surface area contributed by atoms with Gasteiger partial charge in [0.1, 0.15) is 0 Å². The molecule has 72 valence electrons. The molecule has 1 rings (SSSR count). The highest BCUT2D eigenvalue weighted by molar-refractivity contribution is 5.28. The van der Waals surface area contributed by atoms with Crippen LogP contribution < -0.4 is 5.32 Å². The highest BCUT2D eigenvalue weighted by Crippen LogP contribution is 2.18. The van der Waals surface area contributed by atoms with Gasteiger partial charge in [0.2, 0.25) is 0 Å². The third-order valence-electron chi connectivity index (χ3n) is 2.27. The van der Waals surface area contributed by atoms with Crippen LogP contribution in [0.5, 0.6) is 0 Å². The second-order valence-electron chi connectivity index (χ2n) is 3.51. The van der Waals surface area contributed by atoms with Gasteiger partial charge in [-0.2, -0.15) is 0 Å². The van der Waals surface area contributed by atoms with Crippen LogP contribution in [0.3, 0.4) is 0 Å². The van der Waals surface area contributed by atoms with Gasteiger partial charge in [0, 0.05) is 0 Å². The average molecular weight is 178 g/mol. The van der Waals surface area contributed by atoms with E-state index >= 15 is 0 Å². The van der Waals surface area contributed by atoms with E-state index in [1.54, 1.807) is 0 Å². The van der Waals surface area contributed by atoms with Crippen molar-refractivity contribution < 1.29 is 0 Å². The summed E-state index contributed by atoms with van der Waals surface area (Å²) in [4.78, 5) is 2.17. The standard InChI is InChI=1S/C11H18N2/c1-9-7-5-6-8-10(9)11(12-2)13(3)4/h5-8,11-12H,1-4H3. The molecule has 0 saturated carbocycles. The average Bonchev–Trinajstić information content (AvgIpc) is 2.09. The third kappa shape index (κ3) is 2.29. The lowest BCUT2D eigenvalue weighted by atomic mass is 10.1. The molecule has 0 heterocycles. The lowest BCUT2D eigenvalue weighted by Gasteiger charge is -2.25. The Morgan fingerprint density at radius 2 is 1.85 bits per heavy atom. The number of aryl methyl sites for hydroxylation is 1. The Bertz CT molecular complexity index is 269. The highest BCUT2D eigenvalue weighted by atomic mass is 15.2. The minimum absolute atomic E-state index is 0.307. The fraction of sp³-hybridized carbons (Fsp3) is 0.455. The van der Waals surface area contributed by atoms with Crippen molar-refractivity contribution in [2.24, 2.45) is 0 Å². The first-order chi connectivity index (χ1) is 6.16. The van der Waals surface area contributed by atoms with Crippen LogP contribution in [0.2, 0.25) is 0 Å². The Hall–Kier alpha value is -0.860. The summed E-state index contributed by atoms with van der Waals surface area (Å²) in [6, 6.07) is 8.46. The lowest BCUT2D eigenvalue weighted by Crippen LogP contribution is -2.31. The van der Waals surface area contributed by atoms with E-state index in [9.17, 15) is 0 Å². The molecule has 0 amide bonds. The van der Waals surface area contributed by atoms with Crippen molar-refractivity contribution >= 4 is 0 Å². The van der Waals surface area contributed by atoms with Crippen molar-refractivity contribution in [2.45, 2.75) is 13.1 Å². The summed E-state index contributed by atoms with van der Waals surface area (Å²) in [6.45, 7) is 2.14. The van der Waals surface area contributed by atoms with E-state index < -0.39 is 0 Å². The van der Waals surface area contributed by atoms with E-state index in [1.807, 2.05) is 7.05 Å². The SMILES string of the molecule is CNC(c1ccccc1C)N(C)C. The number of benzene rings is 1. The van der Waals surface area contributed by atoms with Crippen LogP contribution in [0.1, 0.15) is 17.3 Å². The molecule has 0 aliphatic heterocycles. The summed E-state index contributed by atoms with van der Waals surface area (Å²) >= 11 is 0. The summed E-state index contributed by atoms with van der Waals surface area (Å²) < 4.78 is 0. The zero-order valence-corrected chi connectivity index (χ0v) is 8.83. The molecular formula is C11H18N2. The van der Waals surface area contributed by atoms with E-state index in [0.29, 0.717) is 6.17 Å². The molecular weight excluding hydrogens is 160 g/mol. The van der Waals surface area contributed by atoms with Gasteiger partial charge in [-0.3, -0.25) is 4.90 Å². The highest BCUT2D eigenvalue weighted by Gasteiger charge is 2.12. The monoisotopic (exact) mass is 178 g/mol. The van der Waals surface area contributed by atoms with E-state index in [-0.39, 0.29) is 0 Å². The molecule has 0 aromatic heterocycles. The molecule has 1 aromatic carbocycles. The van der Waals surface area contributed by atoms with Gasteiger partial charge in [-0.05, 0) is 39.2 Å². The molecule has 1 aromatic rings. The molecule has 0 aliphatic carbocycles. The summed E-state index contributed by atoms with van der Waals surface area (Å²) in [5, 5.41) is 3.28. The summed E-state index contributed by atoms with van der Waals surface area (Å²) in [7, 11) is 6.14. The first-order valence-electron chi connectivity index (χ1n) is 4.56. The Kier molecular flexibility index (Phi) is 3.46. The van der Waals surface area contributed by atoms with Crippen molar-refractivity contribution in [1.29, 1.82) is 0 Å². The Balaban J connectivity index is 2.97. The van der Waals surface area contributed by atoms with Gasteiger partial charge in [0.15, 0.2) is 0 Å². The molecule has 0 radical (unpaired) electrons. The Morgan fingerprint density at radius 3 is 2.31 bits per heavy atom. The van der Waals surface area contributed by atoms with Crippen LogP contribution in [-0.4, -0.2) is 26.0 Å². The van der Waals surface area contributed by atoms with Gasteiger partial charge in [0.05, 0.1) is 6.17 Å². The van der Waals surface area contributed by atoms with E-state index in [2.05, 4.69) is 55.5 Å². The molecule has 0 bridgehead atoms. The molecule has 2 nitrogen and oxygen atoms in total. The quantitative estimate of drug-likeness (QED) is 0.710. The van der Waals surface area contributed by atoms with Crippen LogP contribution in [0, 0.1) is 6.92 Å². The fourth-order valence-electron chi connectivity index (χ4n) is 1.59. The minimum atomic E-state index is 0.307. The molecule has 1 unspecified atom stereocenters. The molecule has 0 fully saturated rings. The van der Waals surface area contributed by atoms with Gasteiger partial charge in [-0.15, -0.1) is 0 Å². The number of nitrogens with zero attached hydrogens (tertiary/aromatic N) is 1. The summed E-state index contributed by atoms with van der Waals surface area (Å²) in [5.41, 5.74) is 2.67. The molecule has 0 spiro atoms. The lowest BCUT2D eigenvalue weighted by molar-refractivity contribution is 0.264. The van der Waals surface area contributed by atoms with Crippen molar-refractivity contribution in [2.75, 3.05) is 21.1 Å². The van der Waals surface area contributed by atoms with Gasteiger partial charge in [-0.1, -0.05) is 24.3 Å². The Labute approximate surface area is 80.6 Å². The number of hydrogen-bond donors (Lipinski definition) is 1. The molecule has 13 heavy (non-hydrogen) atoms. The van der Waals surface area contributed by atoms with Crippen LogP contribution in [-0.2, 0) is 0 Å². The number of rotatable bonds is 3. The second-order valence-corrected chi connectivity index (χ2v) is 3.51. The van der Waals surface area contributed by atoms with Crippen molar-refractivity contribution in [3.05, 3.63) is 35.4 Å². The zero-order chi connectivity index (χ0) is 9.84. The predicted molar refractivity (Wildman–Crippen MR) is 56.7 cm³/mol. The maximum atomic E-state index is 3.28. The first-order valence-corrected chi connectivity index (χ1v) is 4.56. The van der Waals surface area contributed by atoms with Crippen LogP contribution in [0.25, 0.3) is 0 Å². The zero-order valence-electron chi connectivity index (χ0n) is 8.83. The van der Waals surface area contributed by atoms with E-state index in [1.165, 1.54) is 11.1 Å². The van der Waals surface area contributed by atoms with Gasteiger partial charge >= 0.3 is 0 Å². The molecule has 2 heteroatoms. The molecule has 0 aliphatic rings. The van der Waals surface area contributed by atoms with Crippen molar-refractivity contribution in [3.8, 4) is 0 Å². The predicted octanol–water partition coefficient (Wildman–Crippen LogP) is 1.77. The maximum absolute atomic E-state index is 3.28. The van der Waals surface area contributed by atoms with Crippen LogP contribution >= 0.6 is 0 Å². The maximum Gasteiger partial charge on any atom is 0.0855 e. The summed E-state index contributed by atoms with van der Waals surface area (Å²) in [6.07, 6.45) is 0.307. The van der Waals surface area contributed by atoms with Crippen LogP contribution in [0.4, 0.5) is 0 Å². The normalized spacial score (nSPS) is 13.3. The second kappa shape index (κ2) is 4.40. The minimum Gasteiger partial charge on any atom is -0.301 e. The molecule has 1 atom stereocenters. The number of nitrogens with one attached hydrogen (secondary N) is 1. The van der Waals surface area contributed by atoms with Gasteiger partial charge < -0.3 is 5.32 Å². The summed E-state index contributed by atoms with van der Waals surface area (Å²) in [5.74, 6) is 0. The largest absolute Gasteiger partial charge is 0.301 e. The first kappa shape index (κ1) is 10.2. The van der Waals surface area contributed by atoms with Gasteiger partial charge in [-0.25, -0.2) is 0 Å². The van der Waals surface area contributed by atoms with Crippen molar-refractivity contribution in [3.63, 3.8) is 0 Å². The van der Waals surface area contributed by atoms with Gasteiger partial charge in [0.25, 0.3) is 0 Å². The smallest absolute Gasteiger partial charge is 0.0855 e. The fourth-order valence-corrected chi connectivity index (χ4v) is 1.59. The third-order valence-corrected chi connectivity index (χ3v) is 2.27. The Morgan fingerprint density at radius 1 is 1.23 bits per heavy atom. The van der Waals surface area contributed by atoms with Crippen molar-refractivity contribution in [1.82, 2.24) is 10.2 Å². The topological polar surface area (TPSA) is 15.3 Å². The molecule has 1 N–H and O–H groups in total. The number of hydrogen-bond acceptors (Lipinski definition) is 2. The van der Waals surface area contributed by atoms with E-state index in [0.717, 1.165) is 0 Å². The van der Waals surface area contributed by atoms with Crippen LogP contribution in [0.15, 0.2) is 24.3 Å².